The molecule has 0 aliphatic heterocycles. The van der Waals surface area contributed by atoms with Crippen LogP contribution in [0.3, 0.4) is 0 Å². The number of hydrogen-bond acceptors (Lipinski definition) is 3. The van der Waals surface area contributed by atoms with E-state index in [9.17, 15) is 5.11 Å². The third-order valence-corrected chi connectivity index (χ3v) is 2.15. The number of hydrogen-bond donors (Lipinski definition) is 0. The molecule has 0 amide bonds. The van der Waals surface area contributed by atoms with Gasteiger partial charge in [0.25, 0.3) is 0 Å². The van der Waals surface area contributed by atoms with E-state index < -0.39 is 0 Å². The molecule has 0 fully saturated rings. The summed E-state index contributed by atoms with van der Waals surface area (Å²) in [6, 6.07) is 10.0. The zero-order chi connectivity index (χ0) is 13.8. The van der Waals surface area contributed by atoms with Crippen LogP contribution in [-0.4, -0.2) is 13.2 Å². The Morgan fingerprint density at radius 1 is 1.30 bits per heavy atom. The van der Waals surface area contributed by atoms with Crippen molar-refractivity contribution in [3.63, 3.8) is 0 Å². The largest absolute Gasteiger partial charge is 2.00 e. The average Bonchev–Trinajstić information content (AvgIpc) is 3.13. The molecule has 6 heteroatoms. The van der Waals surface area contributed by atoms with Crippen molar-refractivity contribution >= 4 is 0 Å². The van der Waals surface area contributed by atoms with E-state index in [2.05, 4.69) is 10.0 Å². The minimum atomic E-state index is -0.337. The zero-order valence-corrected chi connectivity index (χ0v) is 11.9. The molecule has 1 aliphatic carbocycles. The van der Waals surface area contributed by atoms with Gasteiger partial charge in [-0.3, -0.25) is 0 Å². The summed E-state index contributed by atoms with van der Waals surface area (Å²) in [5, 5.41) is 14.5. The summed E-state index contributed by atoms with van der Waals surface area (Å²) >= 11 is 0. The van der Waals surface area contributed by atoms with Crippen LogP contribution in [0.4, 0.5) is 0 Å². The van der Waals surface area contributed by atoms with Crippen LogP contribution in [-0.2, 0) is 21.8 Å². The molecule has 0 heterocycles. The van der Waals surface area contributed by atoms with Crippen LogP contribution in [0.25, 0.3) is 10.4 Å². The van der Waals surface area contributed by atoms with Gasteiger partial charge in [-0.25, -0.2) is 12.1 Å². The van der Waals surface area contributed by atoms with Crippen LogP contribution in [0.5, 0.6) is 0 Å². The molecule has 0 saturated heterocycles. The summed E-state index contributed by atoms with van der Waals surface area (Å²) in [5.41, 5.74) is 8.53. The number of rotatable bonds is 5. The van der Waals surface area contributed by atoms with Gasteiger partial charge in [0.1, 0.15) is 0 Å². The van der Waals surface area contributed by atoms with Gasteiger partial charge < -0.3 is 9.84 Å². The van der Waals surface area contributed by atoms with E-state index >= 15 is 0 Å². The molecule has 0 spiro atoms. The van der Waals surface area contributed by atoms with Gasteiger partial charge in [-0.2, -0.15) is 18.2 Å². The predicted molar refractivity (Wildman–Crippen MR) is 71.9 cm³/mol. The molecule has 0 radical (unpaired) electrons. The van der Waals surface area contributed by atoms with E-state index in [1.807, 2.05) is 30.3 Å². The third-order valence-electron chi connectivity index (χ3n) is 2.15. The summed E-state index contributed by atoms with van der Waals surface area (Å²) < 4.78 is 4.91. The number of ether oxygens (including phenoxy) is 1. The summed E-state index contributed by atoms with van der Waals surface area (Å²) in [6.07, 6.45) is 7.48. The second-order valence-corrected chi connectivity index (χ2v) is 3.58. The van der Waals surface area contributed by atoms with E-state index in [4.69, 9.17) is 10.3 Å². The monoisotopic (exact) mass is 313 g/mol. The Labute approximate surface area is 128 Å². The van der Waals surface area contributed by atoms with Gasteiger partial charge in [-0.05, 0) is 24.1 Å². The maximum absolute atomic E-state index is 11.2. The Hall–Kier alpha value is -2.00. The molecule has 0 bridgehead atoms. The van der Waals surface area contributed by atoms with Crippen molar-refractivity contribution in [3.05, 3.63) is 76.6 Å². The second kappa shape index (κ2) is 12.1. The van der Waals surface area contributed by atoms with Gasteiger partial charge in [0.2, 0.25) is 0 Å². The SMILES string of the molecule is [Fe+2].[N-]=[N+]=NCCCOC([O-])=C1C=CC=C1.c1cc[cH-]c1. The fourth-order valence-electron chi connectivity index (χ4n) is 1.26. The maximum Gasteiger partial charge on any atom is 2.00 e. The number of nitrogens with zero attached hydrogens (tertiary/aromatic N) is 3. The molecular formula is C14H15FeN3O2. The molecule has 0 saturated carbocycles. The predicted octanol–water partition coefficient (Wildman–Crippen LogP) is 2.80. The van der Waals surface area contributed by atoms with Crippen LogP contribution < -0.4 is 5.11 Å². The summed E-state index contributed by atoms with van der Waals surface area (Å²) in [7, 11) is 0. The fourth-order valence-corrected chi connectivity index (χ4v) is 1.26. The quantitative estimate of drug-likeness (QED) is 0.159. The molecule has 1 aliphatic rings. The summed E-state index contributed by atoms with van der Waals surface area (Å²) in [5.74, 6) is -0.337. The fraction of sp³-hybridized carbons (Fsp3) is 0.214. The topological polar surface area (TPSA) is 81.1 Å². The summed E-state index contributed by atoms with van der Waals surface area (Å²) in [6.45, 7) is 0.633. The van der Waals surface area contributed by atoms with E-state index in [0.29, 0.717) is 18.5 Å². The Morgan fingerprint density at radius 3 is 2.45 bits per heavy atom. The van der Waals surface area contributed by atoms with Crippen LogP contribution in [0.15, 0.2) is 71.3 Å². The van der Waals surface area contributed by atoms with Crippen molar-refractivity contribution in [2.45, 2.75) is 6.42 Å². The standard InChI is InChI=1S/C9H11N3O2.C5H5.Fe/c10-12-11-6-3-7-14-9(13)8-4-1-2-5-8;1-2-4-5-3-1;/h1-2,4-5,13H,3,6-7H2;1-5H;/q;-1;+2/p-1. The first-order valence-electron chi connectivity index (χ1n) is 5.91. The Balaban J connectivity index is 0.000000507. The molecule has 0 unspecified atom stereocenters. The molecule has 20 heavy (non-hydrogen) atoms. The molecule has 5 nitrogen and oxygen atoms in total. The number of azide groups is 1. The van der Waals surface area contributed by atoms with Gasteiger partial charge in [-0.15, -0.1) is 0 Å². The van der Waals surface area contributed by atoms with E-state index in [1.165, 1.54) is 0 Å². The first-order chi connectivity index (χ1) is 9.34. The van der Waals surface area contributed by atoms with Crippen LogP contribution in [0.2, 0.25) is 0 Å². The van der Waals surface area contributed by atoms with Crippen LogP contribution in [0.1, 0.15) is 6.42 Å². The van der Waals surface area contributed by atoms with Gasteiger partial charge in [-0.1, -0.05) is 29.4 Å². The summed E-state index contributed by atoms with van der Waals surface area (Å²) in [4.78, 5) is 2.59. The molecule has 2 rings (SSSR count). The van der Waals surface area contributed by atoms with Crippen molar-refractivity contribution < 1.29 is 26.9 Å². The van der Waals surface area contributed by atoms with Gasteiger partial charge in [0.15, 0.2) is 0 Å². The van der Waals surface area contributed by atoms with Gasteiger partial charge in [0.05, 0.1) is 5.95 Å². The Morgan fingerprint density at radius 2 is 1.95 bits per heavy atom. The van der Waals surface area contributed by atoms with Gasteiger partial charge >= 0.3 is 17.1 Å². The number of allylic oxidation sites excluding steroid dienone is 5. The molecule has 1 aromatic rings. The first kappa shape index (κ1) is 18.0. The molecule has 0 aromatic heterocycles. The van der Waals surface area contributed by atoms with E-state index in [-0.39, 0.29) is 29.6 Å². The normalized spacial score (nSPS) is 10.9. The molecule has 1 aromatic carbocycles. The van der Waals surface area contributed by atoms with Crippen molar-refractivity contribution in [3.8, 4) is 0 Å². The third kappa shape index (κ3) is 8.16. The minimum Gasteiger partial charge on any atom is -0.613 e. The van der Waals surface area contributed by atoms with E-state index in [1.54, 1.807) is 24.3 Å². The zero-order valence-electron chi connectivity index (χ0n) is 10.8. The molecular weight excluding hydrogens is 298 g/mol. The molecule has 0 atom stereocenters. The van der Waals surface area contributed by atoms with Crippen LogP contribution >= 0.6 is 0 Å². The van der Waals surface area contributed by atoms with Crippen molar-refractivity contribution in [2.75, 3.05) is 13.2 Å². The van der Waals surface area contributed by atoms with Crippen molar-refractivity contribution in [1.29, 1.82) is 0 Å². The molecule has 0 N–H and O–H groups in total. The van der Waals surface area contributed by atoms with E-state index in [0.717, 1.165) is 0 Å². The Kier molecular flexibility index (Phi) is 10.8. The second-order valence-electron chi connectivity index (χ2n) is 3.58. The van der Waals surface area contributed by atoms with Crippen molar-refractivity contribution in [2.24, 2.45) is 5.11 Å². The maximum atomic E-state index is 11.2. The Bertz CT molecular complexity index is 455. The average molecular weight is 313 g/mol. The molecule has 106 valence electrons. The minimum absolute atomic E-state index is 0. The van der Waals surface area contributed by atoms with Gasteiger partial charge in [0, 0.05) is 11.5 Å². The van der Waals surface area contributed by atoms with Crippen molar-refractivity contribution in [1.82, 2.24) is 0 Å². The first-order valence-corrected chi connectivity index (χ1v) is 5.91. The smallest absolute Gasteiger partial charge is 0.613 e. The van der Waals surface area contributed by atoms with Crippen LogP contribution in [0, 0.1) is 0 Å².